The Bertz CT molecular complexity index is 933. The molecule has 0 saturated carbocycles. The first kappa shape index (κ1) is 17.6. The molecule has 0 aliphatic rings. The minimum Gasteiger partial charge on any atom is -0.489 e. The Kier molecular flexibility index (Phi) is 5.16. The third-order valence-electron chi connectivity index (χ3n) is 3.47. The monoisotopic (exact) mass is 377 g/mol. The predicted octanol–water partition coefficient (Wildman–Crippen LogP) is 4.25. The van der Waals surface area contributed by atoms with E-state index in [1.807, 2.05) is 44.2 Å². The first-order chi connectivity index (χ1) is 11.9. The van der Waals surface area contributed by atoms with E-state index in [1.165, 1.54) is 4.68 Å². The molecule has 0 aliphatic carbocycles. The van der Waals surface area contributed by atoms with Crippen LogP contribution in [0.15, 0.2) is 47.3 Å². The van der Waals surface area contributed by atoms with Gasteiger partial charge in [-0.3, -0.25) is 4.98 Å². The fourth-order valence-corrected chi connectivity index (χ4v) is 2.93. The fourth-order valence-electron chi connectivity index (χ4n) is 2.42. The Morgan fingerprint density at radius 1 is 1.16 bits per heavy atom. The summed E-state index contributed by atoms with van der Waals surface area (Å²) >= 11 is 12.4. The van der Waals surface area contributed by atoms with Crippen LogP contribution in [-0.4, -0.2) is 20.9 Å². The molecule has 0 bridgehead atoms. The lowest BCUT2D eigenvalue weighted by atomic mass is 10.1. The first-order valence-corrected chi connectivity index (χ1v) is 8.58. The van der Waals surface area contributed by atoms with Crippen LogP contribution < -0.4 is 10.4 Å². The number of rotatable bonds is 5. The Labute approximate surface area is 155 Å². The average Bonchev–Trinajstić information content (AvgIpc) is 2.91. The van der Waals surface area contributed by atoms with Crippen LogP contribution in [0.4, 0.5) is 0 Å². The van der Waals surface area contributed by atoms with E-state index in [0.717, 1.165) is 5.56 Å². The van der Waals surface area contributed by atoms with Crippen molar-refractivity contribution in [2.24, 2.45) is 0 Å². The molecule has 0 atom stereocenters. The van der Waals surface area contributed by atoms with Crippen molar-refractivity contribution < 1.29 is 4.74 Å². The highest BCUT2D eigenvalue weighted by Crippen LogP contribution is 2.33. The van der Waals surface area contributed by atoms with Crippen LogP contribution >= 0.6 is 23.2 Å². The number of nitrogens with zero attached hydrogens (tertiary/aromatic N) is 2. The molecule has 0 fully saturated rings. The molecule has 0 amide bonds. The van der Waals surface area contributed by atoms with E-state index >= 15 is 0 Å². The largest absolute Gasteiger partial charge is 0.489 e. The lowest BCUT2D eigenvalue weighted by Crippen LogP contribution is -2.17. The van der Waals surface area contributed by atoms with Gasteiger partial charge in [-0.1, -0.05) is 53.5 Å². The third kappa shape index (κ3) is 4.06. The van der Waals surface area contributed by atoms with Gasteiger partial charge in [0.15, 0.2) is 0 Å². The summed E-state index contributed by atoms with van der Waals surface area (Å²) in [6.07, 6.45) is 0.458. The molecule has 0 radical (unpaired) electrons. The molecule has 2 aromatic carbocycles. The van der Waals surface area contributed by atoms with Gasteiger partial charge >= 0.3 is 5.69 Å². The van der Waals surface area contributed by atoms with Crippen LogP contribution in [0.5, 0.6) is 5.75 Å². The molecule has 130 valence electrons. The van der Waals surface area contributed by atoms with Crippen molar-refractivity contribution >= 4 is 23.2 Å². The van der Waals surface area contributed by atoms with Crippen molar-refractivity contribution in [3.8, 4) is 11.4 Å². The molecule has 3 aromatic rings. The summed E-state index contributed by atoms with van der Waals surface area (Å²) in [5.74, 6) is 1.00. The summed E-state index contributed by atoms with van der Waals surface area (Å²) in [6.45, 7) is 3.78. The van der Waals surface area contributed by atoms with Gasteiger partial charge in [0.25, 0.3) is 0 Å². The van der Waals surface area contributed by atoms with E-state index in [9.17, 15) is 4.79 Å². The van der Waals surface area contributed by atoms with Crippen molar-refractivity contribution in [1.82, 2.24) is 14.8 Å². The van der Waals surface area contributed by atoms with Crippen molar-refractivity contribution in [3.05, 3.63) is 74.4 Å². The lowest BCUT2D eigenvalue weighted by molar-refractivity contribution is 0.242. The highest BCUT2D eigenvalue weighted by molar-refractivity contribution is 6.36. The highest BCUT2D eigenvalue weighted by atomic mass is 35.5. The Balaban J connectivity index is 1.98. The van der Waals surface area contributed by atoms with E-state index < -0.39 is 0 Å². The maximum atomic E-state index is 12.3. The molecule has 1 aromatic heterocycles. The first-order valence-electron chi connectivity index (χ1n) is 7.82. The Hall–Kier alpha value is -2.24. The van der Waals surface area contributed by atoms with Gasteiger partial charge in [-0.2, -0.15) is 4.68 Å². The van der Waals surface area contributed by atoms with Crippen LogP contribution in [0.3, 0.4) is 0 Å². The van der Waals surface area contributed by atoms with Crippen LogP contribution in [0.25, 0.3) is 5.69 Å². The summed E-state index contributed by atoms with van der Waals surface area (Å²) in [5.41, 5.74) is 1.10. The van der Waals surface area contributed by atoms with Gasteiger partial charge in [-0.15, -0.1) is 5.10 Å². The van der Waals surface area contributed by atoms with Crippen LogP contribution in [0.2, 0.25) is 10.0 Å². The number of aromatic nitrogens is 3. The van der Waals surface area contributed by atoms with Gasteiger partial charge in [0.1, 0.15) is 11.6 Å². The topological polar surface area (TPSA) is 59.9 Å². The smallest absolute Gasteiger partial charge is 0.348 e. The SMILES string of the molecule is CC(C)Oc1cc(-n2nc(Cc3ccccc3)[nH]c2=O)c(Cl)cc1Cl. The maximum absolute atomic E-state index is 12.3. The molecule has 7 heteroatoms. The second kappa shape index (κ2) is 7.33. The van der Waals surface area contributed by atoms with Gasteiger partial charge in [0.2, 0.25) is 0 Å². The van der Waals surface area contributed by atoms with Crippen molar-refractivity contribution in [2.45, 2.75) is 26.4 Å². The molecule has 0 aliphatic heterocycles. The van der Waals surface area contributed by atoms with Crippen molar-refractivity contribution in [2.75, 3.05) is 0 Å². The second-order valence-corrected chi connectivity index (χ2v) is 6.67. The number of H-pyrrole nitrogens is 1. The lowest BCUT2D eigenvalue weighted by Gasteiger charge is -2.13. The van der Waals surface area contributed by atoms with E-state index in [2.05, 4.69) is 10.1 Å². The summed E-state index contributed by atoms with van der Waals surface area (Å²) in [6, 6.07) is 12.9. The highest BCUT2D eigenvalue weighted by Gasteiger charge is 2.15. The number of benzene rings is 2. The normalized spacial score (nSPS) is 11.1. The number of aromatic amines is 1. The Morgan fingerprint density at radius 2 is 1.88 bits per heavy atom. The van der Waals surface area contributed by atoms with E-state index in [4.69, 9.17) is 27.9 Å². The van der Waals surface area contributed by atoms with Gasteiger partial charge in [0.05, 0.1) is 21.8 Å². The summed E-state index contributed by atoms with van der Waals surface area (Å²) in [5, 5.41) is 5.06. The fraction of sp³-hybridized carbons (Fsp3) is 0.222. The van der Waals surface area contributed by atoms with Crippen molar-refractivity contribution in [3.63, 3.8) is 0 Å². The van der Waals surface area contributed by atoms with Gasteiger partial charge in [-0.25, -0.2) is 4.79 Å². The average molecular weight is 378 g/mol. The van der Waals surface area contributed by atoms with E-state index in [0.29, 0.717) is 33.7 Å². The summed E-state index contributed by atoms with van der Waals surface area (Å²) in [7, 11) is 0. The molecule has 0 unspecified atom stereocenters. The van der Waals surface area contributed by atoms with E-state index in [1.54, 1.807) is 12.1 Å². The molecule has 1 heterocycles. The minimum absolute atomic E-state index is 0.0592. The molecular weight excluding hydrogens is 361 g/mol. The molecule has 5 nitrogen and oxygen atoms in total. The number of hydrogen-bond donors (Lipinski definition) is 1. The van der Waals surface area contributed by atoms with Crippen molar-refractivity contribution in [1.29, 1.82) is 0 Å². The van der Waals surface area contributed by atoms with Crippen LogP contribution in [0.1, 0.15) is 25.2 Å². The number of halogens is 2. The summed E-state index contributed by atoms with van der Waals surface area (Å²) < 4.78 is 6.89. The Morgan fingerprint density at radius 3 is 2.56 bits per heavy atom. The number of hydrogen-bond acceptors (Lipinski definition) is 3. The quantitative estimate of drug-likeness (QED) is 0.722. The zero-order chi connectivity index (χ0) is 18.0. The molecule has 0 saturated heterocycles. The molecular formula is C18H17Cl2N3O2. The number of ether oxygens (including phenoxy) is 1. The third-order valence-corrected chi connectivity index (χ3v) is 4.07. The zero-order valence-electron chi connectivity index (χ0n) is 13.8. The van der Waals surface area contributed by atoms with Crippen LogP contribution in [0, 0.1) is 0 Å². The zero-order valence-corrected chi connectivity index (χ0v) is 15.3. The maximum Gasteiger partial charge on any atom is 0.348 e. The minimum atomic E-state index is -0.370. The molecule has 1 N–H and O–H groups in total. The predicted molar refractivity (Wildman–Crippen MR) is 99.2 cm³/mol. The molecule has 3 rings (SSSR count). The van der Waals surface area contributed by atoms with E-state index in [-0.39, 0.29) is 11.8 Å². The second-order valence-electron chi connectivity index (χ2n) is 5.85. The molecule has 25 heavy (non-hydrogen) atoms. The van der Waals surface area contributed by atoms with Crippen LogP contribution in [-0.2, 0) is 6.42 Å². The van der Waals surface area contributed by atoms with Gasteiger partial charge in [0, 0.05) is 12.5 Å². The van der Waals surface area contributed by atoms with Gasteiger partial charge < -0.3 is 4.74 Å². The summed E-state index contributed by atoms with van der Waals surface area (Å²) in [4.78, 5) is 15.1. The standard InChI is InChI=1S/C18H17Cl2N3O2/c1-11(2)25-16-10-15(13(19)9-14(16)20)23-18(24)21-17(22-23)8-12-6-4-3-5-7-12/h3-7,9-11H,8H2,1-2H3,(H,21,22,24). The van der Waals surface area contributed by atoms with Gasteiger partial charge in [-0.05, 0) is 25.5 Å². The number of nitrogens with one attached hydrogen (secondary N) is 1. The molecule has 0 spiro atoms.